The summed E-state index contributed by atoms with van der Waals surface area (Å²) in [5.74, 6) is 1.77. The fraction of sp³-hybridized carbons (Fsp3) is 0.625. The molecule has 0 amide bonds. The largest absolute Gasteiger partial charge is 0.493 e. The maximum atomic E-state index is 5.82. The molecule has 106 valence electrons. The predicted octanol–water partition coefficient (Wildman–Crippen LogP) is 2.60. The molecule has 0 fully saturated rings. The highest BCUT2D eigenvalue weighted by atomic mass is 16.5. The minimum atomic E-state index is 0.691. The van der Waals surface area contributed by atoms with Crippen molar-refractivity contribution in [2.75, 3.05) is 40.5 Å². The molecule has 1 aliphatic heterocycles. The molecule has 0 saturated carbocycles. The van der Waals surface area contributed by atoms with Crippen molar-refractivity contribution in [1.29, 1.82) is 0 Å². The Bertz CT molecular complexity index is 381. The minimum absolute atomic E-state index is 0.691. The second kappa shape index (κ2) is 7.51. The number of methoxy groups -OCH3 is 1. The smallest absolute Gasteiger partial charge is 0.122 e. The van der Waals surface area contributed by atoms with Crippen molar-refractivity contribution in [2.24, 2.45) is 5.92 Å². The summed E-state index contributed by atoms with van der Waals surface area (Å²) in [6, 6.07) is 8.43. The van der Waals surface area contributed by atoms with Crippen LogP contribution in [0.15, 0.2) is 24.3 Å². The quantitative estimate of drug-likeness (QED) is 0.736. The summed E-state index contributed by atoms with van der Waals surface area (Å²) in [4.78, 5) is 2.41. The highest BCUT2D eigenvalue weighted by Crippen LogP contribution is 2.26. The Morgan fingerprint density at radius 1 is 1.37 bits per heavy atom. The number of benzene rings is 1. The molecular weight excluding hydrogens is 238 g/mol. The van der Waals surface area contributed by atoms with Crippen molar-refractivity contribution >= 4 is 0 Å². The molecule has 2 rings (SSSR count). The summed E-state index contributed by atoms with van der Waals surface area (Å²) >= 11 is 0. The van der Waals surface area contributed by atoms with Crippen LogP contribution in [0.2, 0.25) is 0 Å². The average molecular weight is 263 g/mol. The number of nitrogens with zero attached hydrogens (tertiary/aromatic N) is 1. The lowest BCUT2D eigenvalue weighted by atomic mass is 9.96. The first-order chi connectivity index (χ1) is 9.29. The Morgan fingerprint density at radius 2 is 2.21 bits per heavy atom. The predicted molar refractivity (Wildman–Crippen MR) is 77.7 cm³/mol. The second-order valence-electron chi connectivity index (χ2n) is 5.42. The van der Waals surface area contributed by atoms with Gasteiger partial charge < -0.3 is 14.4 Å². The normalized spacial score (nSPS) is 18.8. The molecule has 1 aromatic rings. The number of hydrogen-bond acceptors (Lipinski definition) is 3. The van der Waals surface area contributed by atoms with Crippen molar-refractivity contribution < 1.29 is 9.47 Å². The number of para-hydroxylation sites is 1. The van der Waals surface area contributed by atoms with Crippen molar-refractivity contribution in [1.82, 2.24) is 4.90 Å². The van der Waals surface area contributed by atoms with Gasteiger partial charge in [-0.3, -0.25) is 0 Å². The maximum Gasteiger partial charge on any atom is 0.122 e. The van der Waals surface area contributed by atoms with E-state index in [1.54, 1.807) is 7.11 Å². The van der Waals surface area contributed by atoms with Gasteiger partial charge in [-0.05, 0) is 43.9 Å². The number of hydrogen-bond donors (Lipinski definition) is 0. The van der Waals surface area contributed by atoms with Gasteiger partial charge in [0.25, 0.3) is 0 Å². The van der Waals surface area contributed by atoms with E-state index in [4.69, 9.17) is 9.47 Å². The van der Waals surface area contributed by atoms with E-state index in [9.17, 15) is 0 Å². The topological polar surface area (TPSA) is 21.7 Å². The molecule has 0 radical (unpaired) electrons. The van der Waals surface area contributed by atoms with E-state index in [0.29, 0.717) is 5.92 Å². The fourth-order valence-corrected chi connectivity index (χ4v) is 2.73. The summed E-state index contributed by atoms with van der Waals surface area (Å²) in [6.07, 6.45) is 3.38. The lowest BCUT2D eigenvalue weighted by molar-refractivity contribution is 0.171. The van der Waals surface area contributed by atoms with Crippen molar-refractivity contribution in [3.63, 3.8) is 0 Å². The lowest BCUT2D eigenvalue weighted by Crippen LogP contribution is -2.28. The molecule has 0 aromatic heterocycles. The first-order valence-electron chi connectivity index (χ1n) is 7.18. The monoisotopic (exact) mass is 263 g/mol. The van der Waals surface area contributed by atoms with Crippen LogP contribution in [0.1, 0.15) is 18.4 Å². The van der Waals surface area contributed by atoms with Gasteiger partial charge in [0.1, 0.15) is 5.75 Å². The molecule has 0 unspecified atom stereocenters. The summed E-state index contributed by atoms with van der Waals surface area (Å²) in [6.45, 7) is 3.93. The summed E-state index contributed by atoms with van der Waals surface area (Å²) in [7, 11) is 3.97. The summed E-state index contributed by atoms with van der Waals surface area (Å²) in [5, 5.41) is 0. The van der Waals surface area contributed by atoms with Gasteiger partial charge in [-0.25, -0.2) is 0 Å². The van der Waals surface area contributed by atoms with Gasteiger partial charge in [0.05, 0.1) is 6.61 Å². The van der Waals surface area contributed by atoms with Gasteiger partial charge in [0.2, 0.25) is 0 Å². The van der Waals surface area contributed by atoms with Gasteiger partial charge in [-0.2, -0.15) is 0 Å². The maximum absolute atomic E-state index is 5.82. The van der Waals surface area contributed by atoms with Crippen LogP contribution >= 0.6 is 0 Å². The number of ether oxygens (including phenoxy) is 2. The molecule has 3 nitrogen and oxygen atoms in total. The van der Waals surface area contributed by atoms with Crippen LogP contribution in [0.4, 0.5) is 0 Å². The highest BCUT2D eigenvalue weighted by molar-refractivity contribution is 5.34. The summed E-state index contributed by atoms with van der Waals surface area (Å²) in [5.41, 5.74) is 1.36. The van der Waals surface area contributed by atoms with Gasteiger partial charge in [0.15, 0.2) is 0 Å². The Hall–Kier alpha value is -1.06. The minimum Gasteiger partial charge on any atom is -0.493 e. The number of rotatable bonds is 6. The molecule has 1 heterocycles. The third kappa shape index (κ3) is 4.51. The average Bonchev–Trinajstić information content (AvgIpc) is 2.60. The van der Waals surface area contributed by atoms with E-state index in [2.05, 4.69) is 36.2 Å². The highest BCUT2D eigenvalue weighted by Gasteiger charge is 2.18. The van der Waals surface area contributed by atoms with E-state index in [-0.39, 0.29) is 0 Å². The zero-order chi connectivity index (χ0) is 13.5. The first kappa shape index (κ1) is 14.4. The van der Waals surface area contributed by atoms with E-state index in [1.165, 1.54) is 5.56 Å². The van der Waals surface area contributed by atoms with Crippen LogP contribution in [0, 0.1) is 5.92 Å². The molecule has 0 aliphatic carbocycles. The van der Waals surface area contributed by atoms with Crippen LogP contribution in [0.25, 0.3) is 0 Å². The Kier molecular flexibility index (Phi) is 5.67. The van der Waals surface area contributed by atoms with Crippen LogP contribution in [-0.2, 0) is 11.2 Å². The second-order valence-corrected chi connectivity index (χ2v) is 5.42. The van der Waals surface area contributed by atoms with Crippen LogP contribution in [0.5, 0.6) is 5.75 Å². The molecule has 3 heteroatoms. The molecule has 0 N–H and O–H groups in total. The standard InChI is InChI=1S/C16H25NO2/c1-17(9-5-10-18-2)13-14-8-11-19-16-7-4-3-6-15(16)12-14/h3-4,6-7,14H,5,8-13H2,1-2H3/t14-/m1/s1. The summed E-state index contributed by atoms with van der Waals surface area (Å²) < 4.78 is 10.9. The van der Waals surface area contributed by atoms with Gasteiger partial charge in [-0.15, -0.1) is 0 Å². The third-order valence-electron chi connectivity index (χ3n) is 3.72. The van der Waals surface area contributed by atoms with Crippen LogP contribution in [-0.4, -0.2) is 45.4 Å². The molecule has 1 atom stereocenters. The fourth-order valence-electron chi connectivity index (χ4n) is 2.73. The van der Waals surface area contributed by atoms with E-state index in [1.807, 2.05) is 0 Å². The Balaban J connectivity index is 1.84. The molecule has 19 heavy (non-hydrogen) atoms. The molecule has 0 spiro atoms. The molecular formula is C16H25NO2. The van der Waals surface area contributed by atoms with Gasteiger partial charge in [-0.1, -0.05) is 18.2 Å². The SMILES string of the molecule is COCCCN(C)C[C@@H]1CCOc2ccccc2C1. The first-order valence-corrected chi connectivity index (χ1v) is 7.18. The molecule has 0 saturated heterocycles. The number of fused-ring (bicyclic) bond motifs is 1. The van der Waals surface area contributed by atoms with Crippen molar-refractivity contribution in [3.8, 4) is 5.75 Å². The van der Waals surface area contributed by atoms with Gasteiger partial charge in [0, 0.05) is 26.8 Å². The van der Waals surface area contributed by atoms with Crippen molar-refractivity contribution in [3.05, 3.63) is 29.8 Å². The van der Waals surface area contributed by atoms with Crippen molar-refractivity contribution in [2.45, 2.75) is 19.3 Å². The zero-order valence-corrected chi connectivity index (χ0v) is 12.1. The third-order valence-corrected chi connectivity index (χ3v) is 3.72. The van der Waals surface area contributed by atoms with E-state index < -0.39 is 0 Å². The van der Waals surface area contributed by atoms with Crippen LogP contribution < -0.4 is 4.74 Å². The molecule has 1 aliphatic rings. The van der Waals surface area contributed by atoms with Crippen LogP contribution in [0.3, 0.4) is 0 Å². The lowest BCUT2D eigenvalue weighted by Gasteiger charge is -2.22. The molecule has 0 bridgehead atoms. The zero-order valence-electron chi connectivity index (χ0n) is 12.1. The van der Waals surface area contributed by atoms with Gasteiger partial charge >= 0.3 is 0 Å². The van der Waals surface area contributed by atoms with E-state index >= 15 is 0 Å². The Morgan fingerprint density at radius 3 is 3.05 bits per heavy atom. The Labute approximate surface area is 116 Å². The molecule has 1 aromatic carbocycles. The van der Waals surface area contributed by atoms with E-state index in [0.717, 1.165) is 51.3 Å².